The summed E-state index contributed by atoms with van der Waals surface area (Å²) in [6, 6.07) is 0. The summed E-state index contributed by atoms with van der Waals surface area (Å²) in [6.45, 7) is -0.232. The van der Waals surface area contributed by atoms with Crippen molar-refractivity contribution in [2.75, 3.05) is 24.7 Å². The second-order valence-electron chi connectivity index (χ2n) is 5.47. The molecule has 11 heteroatoms. The molecular weight excluding hydrogens is 314 g/mol. The Hall–Kier alpha value is -2.11. The van der Waals surface area contributed by atoms with E-state index in [1.165, 1.54) is 6.33 Å². The van der Waals surface area contributed by atoms with Gasteiger partial charge in [0.05, 0.1) is 6.33 Å². The summed E-state index contributed by atoms with van der Waals surface area (Å²) < 4.78 is 35.2. The first-order valence-corrected chi connectivity index (χ1v) is 6.77. The van der Waals surface area contributed by atoms with E-state index >= 15 is 0 Å². The average molecular weight is 330 g/mol. The second kappa shape index (κ2) is 4.94. The molecule has 1 saturated heterocycles. The SMILES string of the molecule is CNc1nc(N)nc2c1ncn2[C@@H]1O[C@](F)(CO)C(O)[C@@]1(C)F. The number of aliphatic hydroxyl groups is 2. The molecule has 0 radical (unpaired) electrons. The highest BCUT2D eigenvalue weighted by molar-refractivity contribution is 5.84. The molecule has 0 bridgehead atoms. The van der Waals surface area contributed by atoms with Crippen LogP contribution < -0.4 is 11.1 Å². The normalized spacial score (nSPS) is 34.2. The lowest BCUT2D eigenvalue weighted by atomic mass is 9.97. The fourth-order valence-electron chi connectivity index (χ4n) is 2.65. The Balaban J connectivity index is 2.16. The molecule has 0 spiro atoms. The van der Waals surface area contributed by atoms with Gasteiger partial charge in [0.25, 0.3) is 5.85 Å². The molecule has 4 atom stereocenters. The first kappa shape index (κ1) is 15.8. The Morgan fingerprint density at radius 1 is 1.48 bits per heavy atom. The van der Waals surface area contributed by atoms with Gasteiger partial charge in [-0.2, -0.15) is 9.97 Å². The van der Waals surface area contributed by atoms with Gasteiger partial charge in [0.2, 0.25) is 5.95 Å². The number of rotatable bonds is 3. The summed E-state index contributed by atoms with van der Waals surface area (Å²) >= 11 is 0. The van der Waals surface area contributed by atoms with Gasteiger partial charge in [-0.15, -0.1) is 0 Å². The van der Waals surface area contributed by atoms with Crippen LogP contribution in [0.4, 0.5) is 20.5 Å². The minimum atomic E-state index is -2.94. The smallest absolute Gasteiger partial charge is 0.263 e. The molecule has 3 heterocycles. The van der Waals surface area contributed by atoms with E-state index in [1.54, 1.807) is 7.05 Å². The van der Waals surface area contributed by atoms with E-state index in [9.17, 15) is 13.9 Å². The van der Waals surface area contributed by atoms with Crippen LogP contribution in [0.1, 0.15) is 13.2 Å². The Bertz CT molecular complexity index is 754. The first-order valence-electron chi connectivity index (χ1n) is 6.77. The number of nitrogens with one attached hydrogen (secondary N) is 1. The molecule has 23 heavy (non-hydrogen) atoms. The zero-order valence-corrected chi connectivity index (χ0v) is 12.4. The molecule has 3 rings (SSSR count). The van der Waals surface area contributed by atoms with Gasteiger partial charge < -0.3 is 26.0 Å². The number of nitrogens with two attached hydrogens (primary N) is 1. The zero-order chi connectivity index (χ0) is 17.0. The lowest BCUT2D eigenvalue weighted by Crippen LogP contribution is -2.46. The predicted molar refractivity (Wildman–Crippen MR) is 75.8 cm³/mol. The van der Waals surface area contributed by atoms with Gasteiger partial charge >= 0.3 is 0 Å². The predicted octanol–water partition coefficient (Wildman–Crippen LogP) is -0.274. The van der Waals surface area contributed by atoms with Crippen molar-refractivity contribution in [2.24, 2.45) is 0 Å². The number of aliphatic hydroxyl groups excluding tert-OH is 2. The van der Waals surface area contributed by atoms with E-state index < -0.39 is 30.5 Å². The van der Waals surface area contributed by atoms with Crippen molar-refractivity contribution in [3.05, 3.63) is 6.33 Å². The molecule has 1 aliphatic heterocycles. The van der Waals surface area contributed by atoms with Crippen LogP contribution in [-0.4, -0.2) is 61.0 Å². The van der Waals surface area contributed by atoms with Crippen LogP contribution in [0.3, 0.4) is 0 Å². The van der Waals surface area contributed by atoms with Crippen molar-refractivity contribution in [1.29, 1.82) is 0 Å². The maximum Gasteiger partial charge on any atom is 0.263 e. The Morgan fingerprint density at radius 2 is 2.17 bits per heavy atom. The third kappa shape index (κ3) is 2.11. The highest BCUT2D eigenvalue weighted by Crippen LogP contribution is 2.48. The molecule has 5 N–H and O–H groups in total. The highest BCUT2D eigenvalue weighted by Gasteiger charge is 2.64. The third-order valence-corrected chi connectivity index (χ3v) is 3.88. The van der Waals surface area contributed by atoms with E-state index in [0.29, 0.717) is 5.82 Å². The number of halogens is 2. The lowest BCUT2D eigenvalue weighted by Gasteiger charge is -2.24. The number of alkyl halides is 2. The number of hydrogen-bond acceptors (Lipinski definition) is 8. The van der Waals surface area contributed by atoms with E-state index in [0.717, 1.165) is 11.5 Å². The number of nitrogen functional groups attached to an aromatic ring is 1. The van der Waals surface area contributed by atoms with Crippen molar-refractivity contribution < 1.29 is 23.7 Å². The van der Waals surface area contributed by atoms with Crippen molar-refractivity contribution in [1.82, 2.24) is 19.5 Å². The van der Waals surface area contributed by atoms with Crippen LogP contribution in [0.15, 0.2) is 6.33 Å². The van der Waals surface area contributed by atoms with Gasteiger partial charge in [-0.1, -0.05) is 0 Å². The minimum Gasteiger partial charge on any atom is -0.390 e. The van der Waals surface area contributed by atoms with Gasteiger partial charge in [0, 0.05) is 7.05 Å². The van der Waals surface area contributed by atoms with Crippen LogP contribution in [0.5, 0.6) is 0 Å². The van der Waals surface area contributed by atoms with E-state index in [4.69, 9.17) is 15.6 Å². The standard InChI is InChI=1S/C12H16F2N6O3/c1-11(13)8(22)12(14,3-21)23-9(11)20-4-17-5-6(16-2)18-10(15)19-7(5)20/h4,8-9,21-22H,3H2,1-2H3,(H3,15,16,18,19)/t8?,9-,11-,12-/m1/s1. The van der Waals surface area contributed by atoms with Gasteiger partial charge in [0.15, 0.2) is 35.0 Å². The van der Waals surface area contributed by atoms with Crippen molar-refractivity contribution >= 4 is 22.9 Å². The van der Waals surface area contributed by atoms with Crippen molar-refractivity contribution in [2.45, 2.75) is 30.8 Å². The van der Waals surface area contributed by atoms with Gasteiger partial charge in [0.1, 0.15) is 6.61 Å². The number of fused-ring (bicyclic) bond motifs is 1. The average Bonchev–Trinajstić information content (AvgIpc) is 3.00. The van der Waals surface area contributed by atoms with Crippen LogP contribution in [0.25, 0.3) is 11.2 Å². The fraction of sp³-hybridized carbons (Fsp3) is 0.583. The van der Waals surface area contributed by atoms with Crippen LogP contribution in [-0.2, 0) is 4.74 Å². The van der Waals surface area contributed by atoms with Crippen LogP contribution in [0.2, 0.25) is 0 Å². The molecule has 0 amide bonds. The number of aromatic nitrogens is 4. The molecule has 9 nitrogen and oxygen atoms in total. The molecule has 1 aliphatic rings. The molecule has 1 unspecified atom stereocenters. The lowest BCUT2D eigenvalue weighted by molar-refractivity contribution is -0.206. The molecule has 126 valence electrons. The number of imidazole rings is 1. The maximum atomic E-state index is 14.9. The Kier molecular flexibility index (Phi) is 3.39. The Morgan fingerprint density at radius 3 is 2.74 bits per heavy atom. The summed E-state index contributed by atoms with van der Waals surface area (Å²) in [4.78, 5) is 12.0. The third-order valence-electron chi connectivity index (χ3n) is 3.88. The highest BCUT2D eigenvalue weighted by atomic mass is 19.2. The van der Waals surface area contributed by atoms with Crippen LogP contribution in [0, 0.1) is 0 Å². The van der Waals surface area contributed by atoms with Crippen LogP contribution >= 0.6 is 0 Å². The Labute approximate surface area is 129 Å². The monoisotopic (exact) mass is 330 g/mol. The molecule has 2 aromatic heterocycles. The van der Waals surface area contributed by atoms with E-state index in [2.05, 4.69) is 20.3 Å². The largest absolute Gasteiger partial charge is 0.390 e. The summed E-state index contributed by atoms with van der Waals surface area (Å²) in [5.74, 6) is -2.73. The van der Waals surface area contributed by atoms with Gasteiger partial charge in [-0.05, 0) is 6.92 Å². The molecule has 0 aliphatic carbocycles. The zero-order valence-electron chi connectivity index (χ0n) is 12.4. The topological polar surface area (TPSA) is 131 Å². The van der Waals surface area contributed by atoms with Crippen molar-refractivity contribution in [3.63, 3.8) is 0 Å². The molecule has 0 saturated carbocycles. The van der Waals surface area contributed by atoms with Gasteiger partial charge in [-0.3, -0.25) is 4.57 Å². The number of ether oxygens (including phenoxy) is 1. The molecule has 1 fully saturated rings. The number of hydrogen-bond donors (Lipinski definition) is 4. The first-order chi connectivity index (χ1) is 10.7. The number of nitrogens with zero attached hydrogens (tertiary/aromatic N) is 4. The quantitative estimate of drug-likeness (QED) is 0.604. The molecular formula is C12H16F2N6O3. The van der Waals surface area contributed by atoms with Crippen molar-refractivity contribution in [3.8, 4) is 0 Å². The minimum absolute atomic E-state index is 0.101. The maximum absolute atomic E-state index is 14.9. The van der Waals surface area contributed by atoms with Gasteiger partial charge in [-0.25, -0.2) is 13.8 Å². The summed E-state index contributed by atoms with van der Waals surface area (Å²) in [5.41, 5.74) is 3.44. The summed E-state index contributed by atoms with van der Waals surface area (Å²) in [7, 11) is 1.59. The fourth-order valence-corrected chi connectivity index (χ4v) is 2.65. The van der Waals surface area contributed by atoms with E-state index in [-0.39, 0.29) is 17.1 Å². The summed E-state index contributed by atoms with van der Waals surface area (Å²) in [6.07, 6.45) is -2.61. The molecule has 0 aromatic carbocycles. The molecule has 2 aromatic rings. The second-order valence-corrected chi connectivity index (χ2v) is 5.47. The number of anilines is 2. The van der Waals surface area contributed by atoms with E-state index in [1.807, 2.05) is 0 Å². The summed E-state index contributed by atoms with van der Waals surface area (Å²) in [5, 5.41) is 21.7.